The highest BCUT2D eigenvalue weighted by Gasteiger charge is 2.32. The largest absolute Gasteiger partial charge is 0.383 e. The predicted octanol–water partition coefficient (Wildman–Crippen LogP) is 3.26. The maximum atomic E-state index is 12.1. The third-order valence-electron chi connectivity index (χ3n) is 4.15. The Hall–Kier alpha value is -1.72. The number of ether oxygens (including phenoxy) is 1. The molecule has 1 aliphatic rings. The van der Waals surface area contributed by atoms with E-state index >= 15 is 0 Å². The number of amides is 1. The Balaban J connectivity index is 1.78. The molecule has 0 spiro atoms. The number of rotatable bonds is 6. The molecule has 2 heterocycles. The number of aromatic nitrogens is 1. The standard InChI is InChI=1S/C18H22N2O2S/c1-3-14-4-6-16(7-5-14)19-9-8-15(12-19)18-20(10-11-22-2)17(21)13-23-18/h4-9,12,18H,3,10-11,13H2,1-2H3/t18-/m1/s1. The Morgan fingerprint density at radius 2 is 2.04 bits per heavy atom. The monoisotopic (exact) mass is 330 g/mol. The Morgan fingerprint density at radius 1 is 1.26 bits per heavy atom. The highest BCUT2D eigenvalue weighted by Crippen LogP contribution is 2.38. The molecular formula is C18H22N2O2S. The van der Waals surface area contributed by atoms with E-state index in [1.807, 2.05) is 4.90 Å². The van der Waals surface area contributed by atoms with E-state index in [2.05, 4.69) is 54.2 Å². The fraction of sp³-hybridized carbons (Fsp3) is 0.389. The van der Waals surface area contributed by atoms with E-state index in [4.69, 9.17) is 4.74 Å². The third-order valence-corrected chi connectivity index (χ3v) is 5.40. The lowest BCUT2D eigenvalue weighted by atomic mass is 10.1. The normalized spacial score (nSPS) is 17.9. The first-order valence-corrected chi connectivity index (χ1v) is 8.95. The lowest BCUT2D eigenvalue weighted by molar-refractivity contribution is -0.128. The number of carbonyl (C=O) groups is 1. The van der Waals surface area contributed by atoms with Gasteiger partial charge >= 0.3 is 0 Å². The summed E-state index contributed by atoms with van der Waals surface area (Å²) >= 11 is 1.68. The van der Waals surface area contributed by atoms with Crippen LogP contribution in [0.25, 0.3) is 5.69 Å². The molecule has 0 radical (unpaired) electrons. The molecule has 0 N–H and O–H groups in total. The molecule has 1 aliphatic heterocycles. The number of aryl methyl sites for hydroxylation is 1. The van der Waals surface area contributed by atoms with Gasteiger partial charge in [-0.25, -0.2) is 0 Å². The number of hydrogen-bond acceptors (Lipinski definition) is 3. The van der Waals surface area contributed by atoms with Gasteiger partial charge in [0.05, 0.1) is 12.4 Å². The SMILES string of the molecule is CCc1ccc(-n2ccc([C@H]3SCC(=O)N3CCOC)c2)cc1. The number of methoxy groups -OCH3 is 1. The number of carbonyl (C=O) groups excluding carboxylic acids is 1. The summed E-state index contributed by atoms with van der Waals surface area (Å²) in [5.41, 5.74) is 3.64. The van der Waals surface area contributed by atoms with Gasteiger partial charge in [0.15, 0.2) is 0 Å². The second-order valence-electron chi connectivity index (χ2n) is 5.62. The lowest BCUT2D eigenvalue weighted by Gasteiger charge is -2.22. The zero-order valence-electron chi connectivity index (χ0n) is 13.6. The summed E-state index contributed by atoms with van der Waals surface area (Å²) < 4.78 is 7.24. The van der Waals surface area contributed by atoms with Crippen molar-refractivity contribution in [2.24, 2.45) is 0 Å². The maximum absolute atomic E-state index is 12.1. The zero-order chi connectivity index (χ0) is 16.2. The van der Waals surface area contributed by atoms with E-state index in [9.17, 15) is 4.79 Å². The van der Waals surface area contributed by atoms with Crippen molar-refractivity contribution in [3.63, 3.8) is 0 Å². The molecule has 5 heteroatoms. The molecular weight excluding hydrogens is 308 g/mol. The second-order valence-corrected chi connectivity index (χ2v) is 6.68. The van der Waals surface area contributed by atoms with Crippen LogP contribution in [0.5, 0.6) is 0 Å². The molecule has 23 heavy (non-hydrogen) atoms. The summed E-state index contributed by atoms with van der Waals surface area (Å²) in [6.45, 7) is 3.37. The number of hydrogen-bond donors (Lipinski definition) is 0. The quantitative estimate of drug-likeness (QED) is 0.815. The summed E-state index contributed by atoms with van der Waals surface area (Å²) in [4.78, 5) is 14.0. The number of thioether (sulfide) groups is 1. The minimum atomic E-state index is 0.0915. The topological polar surface area (TPSA) is 34.5 Å². The molecule has 4 nitrogen and oxygen atoms in total. The predicted molar refractivity (Wildman–Crippen MR) is 93.9 cm³/mol. The van der Waals surface area contributed by atoms with Gasteiger partial charge in [-0.3, -0.25) is 4.79 Å². The fourth-order valence-electron chi connectivity index (χ4n) is 2.79. The van der Waals surface area contributed by atoms with E-state index in [-0.39, 0.29) is 11.3 Å². The Kier molecular flexibility index (Phi) is 5.08. The molecule has 0 bridgehead atoms. The van der Waals surface area contributed by atoms with Crippen molar-refractivity contribution in [2.45, 2.75) is 18.7 Å². The highest BCUT2D eigenvalue weighted by molar-refractivity contribution is 8.00. The van der Waals surface area contributed by atoms with E-state index < -0.39 is 0 Å². The van der Waals surface area contributed by atoms with Gasteiger partial charge in [-0.15, -0.1) is 11.8 Å². The Morgan fingerprint density at radius 3 is 2.74 bits per heavy atom. The van der Waals surface area contributed by atoms with Gasteiger partial charge in [-0.05, 0) is 30.2 Å². The van der Waals surface area contributed by atoms with Gasteiger partial charge in [0.25, 0.3) is 0 Å². The van der Waals surface area contributed by atoms with Crippen molar-refractivity contribution in [3.05, 3.63) is 53.9 Å². The van der Waals surface area contributed by atoms with Gasteiger partial charge in [-0.1, -0.05) is 19.1 Å². The Bertz CT molecular complexity index is 666. The van der Waals surface area contributed by atoms with E-state index in [1.165, 1.54) is 5.56 Å². The van der Waals surface area contributed by atoms with Crippen LogP contribution in [0, 0.1) is 0 Å². The van der Waals surface area contributed by atoms with Gasteiger partial charge in [0.2, 0.25) is 5.91 Å². The molecule has 122 valence electrons. The van der Waals surface area contributed by atoms with Crippen molar-refractivity contribution in [2.75, 3.05) is 26.0 Å². The second kappa shape index (κ2) is 7.23. The van der Waals surface area contributed by atoms with Crippen LogP contribution in [0.4, 0.5) is 0 Å². The molecule has 1 atom stereocenters. The molecule has 1 aromatic heterocycles. The first-order chi connectivity index (χ1) is 11.2. The van der Waals surface area contributed by atoms with Crippen LogP contribution in [-0.4, -0.2) is 41.4 Å². The van der Waals surface area contributed by atoms with Gasteiger partial charge in [-0.2, -0.15) is 0 Å². The number of nitrogens with zero attached hydrogens (tertiary/aromatic N) is 2. The van der Waals surface area contributed by atoms with E-state index in [1.54, 1.807) is 18.9 Å². The molecule has 0 unspecified atom stereocenters. The molecule has 1 aromatic carbocycles. The maximum Gasteiger partial charge on any atom is 0.233 e. The molecule has 1 fully saturated rings. The number of benzene rings is 1. The smallest absolute Gasteiger partial charge is 0.233 e. The van der Waals surface area contributed by atoms with Gasteiger partial charge < -0.3 is 14.2 Å². The molecule has 1 saturated heterocycles. The highest BCUT2D eigenvalue weighted by atomic mass is 32.2. The van der Waals surface area contributed by atoms with Crippen molar-refractivity contribution in [3.8, 4) is 5.69 Å². The summed E-state index contributed by atoms with van der Waals surface area (Å²) in [5.74, 6) is 0.738. The van der Waals surface area contributed by atoms with E-state index in [0.717, 1.165) is 17.7 Å². The minimum absolute atomic E-state index is 0.0915. The van der Waals surface area contributed by atoms with Crippen molar-refractivity contribution in [1.82, 2.24) is 9.47 Å². The molecule has 3 rings (SSSR count). The Labute approximate surface area is 141 Å². The minimum Gasteiger partial charge on any atom is -0.383 e. The van der Waals surface area contributed by atoms with Crippen molar-refractivity contribution < 1.29 is 9.53 Å². The summed E-state index contributed by atoms with van der Waals surface area (Å²) in [5, 5.41) is 0.0915. The van der Waals surface area contributed by atoms with Crippen LogP contribution >= 0.6 is 11.8 Å². The van der Waals surface area contributed by atoms with Crippen LogP contribution in [-0.2, 0) is 16.0 Å². The summed E-state index contributed by atoms with van der Waals surface area (Å²) in [6, 6.07) is 10.7. The van der Waals surface area contributed by atoms with Crippen LogP contribution in [0.3, 0.4) is 0 Å². The van der Waals surface area contributed by atoms with Gasteiger partial charge in [0.1, 0.15) is 5.37 Å². The van der Waals surface area contributed by atoms with Crippen LogP contribution < -0.4 is 0 Å². The van der Waals surface area contributed by atoms with Crippen LogP contribution in [0.15, 0.2) is 42.7 Å². The summed E-state index contributed by atoms with van der Waals surface area (Å²) in [6.07, 6.45) is 5.23. The molecule has 0 saturated carbocycles. The first-order valence-electron chi connectivity index (χ1n) is 7.90. The molecule has 2 aromatic rings. The molecule has 1 amide bonds. The third kappa shape index (κ3) is 3.46. The van der Waals surface area contributed by atoms with Crippen molar-refractivity contribution in [1.29, 1.82) is 0 Å². The summed E-state index contributed by atoms with van der Waals surface area (Å²) in [7, 11) is 1.67. The van der Waals surface area contributed by atoms with Crippen LogP contribution in [0.2, 0.25) is 0 Å². The molecule has 0 aliphatic carbocycles. The van der Waals surface area contributed by atoms with Gasteiger partial charge in [0, 0.05) is 37.3 Å². The first kappa shape index (κ1) is 16.1. The average molecular weight is 330 g/mol. The van der Waals surface area contributed by atoms with Crippen molar-refractivity contribution >= 4 is 17.7 Å². The van der Waals surface area contributed by atoms with Crippen LogP contribution in [0.1, 0.15) is 23.4 Å². The average Bonchev–Trinajstić information content (AvgIpc) is 3.20. The van der Waals surface area contributed by atoms with E-state index in [0.29, 0.717) is 18.9 Å². The lowest BCUT2D eigenvalue weighted by Crippen LogP contribution is -2.31. The fourth-order valence-corrected chi connectivity index (χ4v) is 3.99. The zero-order valence-corrected chi connectivity index (χ0v) is 14.4.